The zero-order valence-corrected chi connectivity index (χ0v) is 76.7. The van der Waals surface area contributed by atoms with Crippen molar-refractivity contribution in [3.63, 3.8) is 0 Å². The molecule has 1 aliphatic heterocycles. The lowest BCUT2D eigenvalue weighted by Gasteiger charge is -2.42. The third kappa shape index (κ3) is 13.8. The van der Waals surface area contributed by atoms with Gasteiger partial charge in [-0.1, -0.05) is 329 Å². The van der Waals surface area contributed by atoms with Crippen LogP contribution in [0.25, 0.3) is 237 Å². The van der Waals surface area contributed by atoms with Crippen LogP contribution in [-0.4, -0.2) is 38.5 Å². The van der Waals surface area contributed by atoms with E-state index in [1.807, 2.05) is 84.1 Å². The molecule has 9 heterocycles. The van der Waals surface area contributed by atoms with Crippen molar-refractivity contribution >= 4 is 153 Å². The van der Waals surface area contributed by atoms with E-state index in [1.165, 1.54) is 70.5 Å². The summed E-state index contributed by atoms with van der Waals surface area (Å²) in [6, 6.07) is 157. The first-order valence-electron chi connectivity index (χ1n) is 46.8. The lowest BCUT2D eigenvalue weighted by Crippen LogP contribution is -2.30. The van der Waals surface area contributed by atoms with Gasteiger partial charge in [-0.25, -0.2) is 24.9 Å². The fourth-order valence-electron chi connectivity index (χ4n) is 20.9. The normalized spacial score (nSPS) is 12.4. The smallest absolute Gasteiger partial charge is 0.160 e. The molecule has 0 N–H and O–H groups in total. The zero-order chi connectivity index (χ0) is 91.8. The minimum atomic E-state index is -0.0707. The maximum absolute atomic E-state index is 6.47. The van der Waals surface area contributed by atoms with Gasteiger partial charge in [0.25, 0.3) is 0 Å². The van der Waals surface area contributed by atoms with Gasteiger partial charge in [-0.2, -0.15) is 0 Å². The van der Waals surface area contributed by atoms with E-state index < -0.39 is 0 Å². The molecule has 0 bridgehead atoms. The van der Waals surface area contributed by atoms with Crippen LogP contribution < -0.4 is 4.90 Å². The van der Waals surface area contributed by atoms with E-state index in [4.69, 9.17) is 33.8 Å². The second-order valence-electron chi connectivity index (χ2n) is 36.3. The highest BCUT2D eigenvalue weighted by atomic mass is 32.1. The highest BCUT2D eigenvalue weighted by Crippen LogP contribution is 2.53. The van der Waals surface area contributed by atoms with Crippen molar-refractivity contribution in [3.05, 3.63) is 454 Å². The maximum Gasteiger partial charge on any atom is 0.160 e. The molecule has 0 radical (unpaired) electrons. The van der Waals surface area contributed by atoms with Crippen molar-refractivity contribution in [3.8, 4) is 112 Å². The molecule has 0 aliphatic carbocycles. The molecular formula is C126H85N9O2S. The number of hydrogen-bond acceptors (Lipinski definition) is 9. The molecule has 0 saturated carbocycles. The lowest BCUT2D eigenvalue weighted by atomic mass is 9.73. The van der Waals surface area contributed by atoms with Crippen molar-refractivity contribution in [2.75, 3.05) is 4.90 Å². The summed E-state index contributed by atoms with van der Waals surface area (Å²) < 4.78 is 22.2. The minimum absolute atomic E-state index is 0.0707. The number of hydrogen-bond donors (Lipinski definition) is 0. The maximum atomic E-state index is 6.47. The van der Waals surface area contributed by atoms with Crippen molar-refractivity contribution in [2.45, 2.75) is 19.3 Å². The Morgan fingerprint density at radius 3 is 1.17 bits per heavy atom. The highest BCUT2D eigenvalue weighted by molar-refractivity contribution is 7.25. The van der Waals surface area contributed by atoms with Gasteiger partial charge >= 0.3 is 0 Å². The summed E-state index contributed by atoms with van der Waals surface area (Å²) in [5.41, 5.74) is 37.0. The van der Waals surface area contributed by atoms with E-state index >= 15 is 0 Å². The molecule has 138 heavy (non-hydrogen) atoms. The number of benzene rings is 19. The number of rotatable bonds is 11. The summed E-state index contributed by atoms with van der Waals surface area (Å²) in [4.78, 5) is 27.2. The molecule has 27 aromatic rings. The summed E-state index contributed by atoms with van der Waals surface area (Å²) in [5, 5.41) is 10.5. The number of para-hydroxylation sites is 12. The summed E-state index contributed by atoms with van der Waals surface area (Å²) >= 11 is 1.85. The predicted molar refractivity (Wildman–Crippen MR) is 573 cm³/mol. The summed E-state index contributed by atoms with van der Waals surface area (Å²) in [6.45, 7) is 4.64. The lowest BCUT2D eigenvalue weighted by molar-refractivity contribution is 0.632. The van der Waals surface area contributed by atoms with E-state index in [0.717, 1.165) is 194 Å². The Morgan fingerprint density at radius 2 is 0.645 bits per heavy atom. The Labute approximate surface area is 799 Å². The van der Waals surface area contributed by atoms with Crippen molar-refractivity contribution in [1.82, 2.24) is 38.5 Å². The fourth-order valence-corrected chi connectivity index (χ4v) is 21.9. The fraction of sp³-hybridized carbons (Fsp3) is 0.0397. The van der Waals surface area contributed by atoms with Gasteiger partial charge in [0.15, 0.2) is 5.82 Å². The summed E-state index contributed by atoms with van der Waals surface area (Å²) in [6.07, 6.45) is 0. The van der Waals surface area contributed by atoms with Gasteiger partial charge in [-0.15, -0.1) is 11.3 Å². The van der Waals surface area contributed by atoms with E-state index in [1.54, 1.807) is 0 Å². The van der Waals surface area contributed by atoms with E-state index in [9.17, 15) is 0 Å². The van der Waals surface area contributed by atoms with Crippen molar-refractivity contribution < 1.29 is 8.83 Å². The molecule has 0 saturated heterocycles. The molecule has 11 nitrogen and oxygen atoms in total. The number of nitrogens with zero attached hydrogens (tertiary/aromatic N) is 9. The van der Waals surface area contributed by atoms with Crippen molar-refractivity contribution in [1.29, 1.82) is 0 Å². The topological polar surface area (TPSA) is 108 Å². The molecule has 28 rings (SSSR count). The molecule has 1 aliphatic rings. The minimum Gasteiger partial charge on any atom is -0.455 e. The van der Waals surface area contributed by atoms with Crippen LogP contribution in [0, 0.1) is 0 Å². The van der Waals surface area contributed by atoms with Crippen LogP contribution in [0.4, 0.5) is 17.1 Å². The Hall–Kier alpha value is -17.7. The first-order chi connectivity index (χ1) is 68.0. The van der Waals surface area contributed by atoms with E-state index in [2.05, 4.69) is 416 Å². The van der Waals surface area contributed by atoms with Crippen LogP contribution in [0.3, 0.4) is 0 Å². The average molecular weight is 1790 g/mol. The van der Waals surface area contributed by atoms with Gasteiger partial charge in [0.1, 0.15) is 39.6 Å². The summed E-state index contributed by atoms with van der Waals surface area (Å²) in [5.74, 6) is 2.69. The molecular weight excluding hydrogens is 1700 g/mol. The third-order valence-electron chi connectivity index (χ3n) is 27.9. The number of thiophene rings is 1. The second kappa shape index (κ2) is 32.9. The Bertz CT molecular complexity index is 9230. The Balaban J connectivity index is 0.000000107. The number of furan rings is 2. The number of fused-ring (bicyclic) bond motifs is 21. The van der Waals surface area contributed by atoms with Gasteiger partial charge in [0.2, 0.25) is 0 Å². The largest absolute Gasteiger partial charge is 0.455 e. The van der Waals surface area contributed by atoms with E-state index in [0.29, 0.717) is 0 Å². The van der Waals surface area contributed by atoms with Crippen LogP contribution in [0.15, 0.2) is 452 Å². The second-order valence-corrected chi connectivity index (χ2v) is 37.4. The van der Waals surface area contributed by atoms with Crippen LogP contribution in [0.1, 0.15) is 25.0 Å². The number of pyridine rings is 1. The predicted octanol–water partition coefficient (Wildman–Crippen LogP) is 33.7. The molecule has 0 atom stereocenters. The molecule has 0 spiro atoms. The standard InChI is InChI=1S/C43H33N3.C43H24N2O2.C40H28N4S/c1-43(2)36-17-9-11-19-40(36)46(41-20-12-10-18-37(41)43)35-27-25-31(26-28-35)30-21-23-33(24-22-30)39-29-38(32-13-5-3-6-14-32)44-42(45-39)34-15-7-4-8-16-34;1-5-17-39-29(9-1)31-13-7-11-27(41(31)46-39)25-19-21-33-34(23-25)35-24-26(20-22-37(35)45-38-16-4-3-15-36(38)44-43(33)45)28-12-8-14-32-30-10-2-6-18-40(30)47-42(28)32;1-43-35-9-5-3-7-33(35)41-39(43)27-15-11-25(12-16-27)29-19-21-37-31(23-29)32-24-30(20-22-38(32)45-37)26-13-17-28(18-14-26)40-42-34-8-4-6-10-36(34)44(40)2/h3-29H,1-2H3;1-24H;3-24H,1-2H3. The first-order valence-corrected chi connectivity index (χ1v) is 47.6. The van der Waals surface area contributed by atoms with Crippen LogP contribution >= 0.6 is 11.3 Å². The van der Waals surface area contributed by atoms with Crippen LogP contribution in [0.5, 0.6) is 0 Å². The molecule has 0 fully saturated rings. The first kappa shape index (κ1) is 81.1. The molecule has 652 valence electrons. The molecule has 19 aromatic carbocycles. The Morgan fingerprint density at radius 1 is 0.254 bits per heavy atom. The number of aryl methyl sites for hydroxylation is 2. The zero-order valence-electron chi connectivity index (χ0n) is 75.9. The summed E-state index contributed by atoms with van der Waals surface area (Å²) in [7, 11) is 4.16. The quantitative estimate of drug-likeness (QED) is 0.118. The van der Waals surface area contributed by atoms with Crippen molar-refractivity contribution in [2.24, 2.45) is 14.1 Å². The number of imidazole rings is 3. The van der Waals surface area contributed by atoms with Gasteiger partial charge in [0, 0.05) is 117 Å². The molecule has 12 heteroatoms. The third-order valence-corrected chi connectivity index (χ3v) is 29.0. The highest BCUT2D eigenvalue weighted by Gasteiger charge is 2.37. The van der Waals surface area contributed by atoms with Crippen LogP contribution in [0.2, 0.25) is 0 Å². The van der Waals surface area contributed by atoms with Crippen LogP contribution in [-0.2, 0) is 19.5 Å². The van der Waals surface area contributed by atoms with Gasteiger partial charge in [-0.3, -0.25) is 4.40 Å². The van der Waals surface area contributed by atoms with Gasteiger partial charge in [0.05, 0.1) is 61.4 Å². The number of aromatic nitrogens is 8. The molecule has 0 amide bonds. The monoisotopic (exact) mass is 1790 g/mol. The molecule has 8 aromatic heterocycles. The van der Waals surface area contributed by atoms with E-state index in [-0.39, 0.29) is 5.41 Å². The molecule has 0 unspecified atom stereocenters. The van der Waals surface area contributed by atoms with Gasteiger partial charge < -0.3 is 22.9 Å². The Kier molecular flexibility index (Phi) is 19.3. The average Bonchev–Trinajstić information content (AvgIpc) is 1.52. The number of anilines is 3. The van der Waals surface area contributed by atoms with Gasteiger partial charge in [-0.05, 0) is 188 Å². The SMILES string of the molecule is CC1(C)c2ccccc2N(c2ccc(-c3ccc(-c4cc(-c5ccccc5)nc(-c5ccccc5)n4)cc3)cc2)c2ccccc21.Cn1c(-c2ccc(-c3ccc4sc5ccc(-c6ccc(-c7nc8ccccc8n7C)cc6)cc5c4c3)cc2)nc2ccccc21.c1ccc2c(c1)nc1c3ccc(-c4cccc5c4oc4ccccc45)cc3c3cc(-c4cccc5c4oc4ccccc45)ccc3n21.